The molecule has 1 fully saturated rings. The molecule has 250 valence electrons. The van der Waals surface area contributed by atoms with Crippen LogP contribution in [0.2, 0.25) is 0 Å². The van der Waals surface area contributed by atoms with Gasteiger partial charge in [0.1, 0.15) is 16.9 Å². The minimum atomic E-state index is -4.44. The molecule has 0 atom stereocenters. The number of piperazine rings is 1. The SMILES string of the molecule is O=c1oc2ccccc2cc1-c1nnc(Sc2nc(Oc3ccnc4ccccc34)nc(N3CCN(c4cccc(C(F)(F)F)c4)CC3)n2)o1. The van der Waals surface area contributed by atoms with Crippen molar-refractivity contribution in [1.29, 1.82) is 0 Å². The Morgan fingerprint density at radius 3 is 2.46 bits per heavy atom. The number of hydrogen-bond donors (Lipinski definition) is 0. The first-order valence-electron chi connectivity index (χ1n) is 15.3. The van der Waals surface area contributed by atoms with E-state index in [2.05, 4.69) is 30.1 Å². The number of hydrogen-bond acceptors (Lipinski definition) is 13. The predicted molar refractivity (Wildman–Crippen MR) is 177 cm³/mol. The zero-order valence-corrected chi connectivity index (χ0v) is 26.6. The fourth-order valence-electron chi connectivity index (χ4n) is 5.51. The minimum absolute atomic E-state index is 0.0101. The van der Waals surface area contributed by atoms with Crippen molar-refractivity contribution in [3.05, 3.63) is 107 Å². The standard InChI is InChI=1S/C34H23F3N8O4S/c35-34(36,37)21-7-5-8-22(19-21)44-14-16-45(17-15-44)30-39-31(48-27-12-13-38-25-10-3-2-9-23(25)27)41-32(40-30)50-33-43-42-28(49-33)24-18-20-6-1-4-11-26(20)47-29(24)46/h1-13,18-19H,14-17H2. The Hall–Kier alpha value is -6.03. The Morgan fingerprint density at radius 1 is 0.800 bits per heavy atom. The third-order valence-electron chi connectivity index (χ3n) is 7.95. The van der Waals surface area contributed by atoms with Crippen LogP contribution in [0.1, 0.15) is 5.56 Å². The number of ether oxygens (including phenoxy) is 1. The van der Waals surface area contributed by atoms with Gasteiger partial charge in [-0.05, 0) is 48.5 Å². The molecule has 1 saturated heterocycles. The first-order valence-corrected chi connectivity index (χ1v) is 16.1. The lowest BCUT2D eigenvalue weighted by atomic mass is 10.1. The van der Waals surface area contributed by atoms with Crippen molar-refractivity contribution in [2.45, 2.75) is 16.6 Å². The quantitative estimate of drug-likeness (QED) is 0.161. The van der Waals surface area contributed by atoms with E-state index >= 15 is 0 Å². The molecule has 4 aromatic heterocycles. The maximum absolute atomic E-state index is 13.4. The molecule has 0 unspecified atom stereocenters. The number of fused-ring (bicyclic) bond motifs is 2. The van der Waals surface area contributed by atoms with E-state index in [1.807, 2.05) is 40.1 Å². The van der Waals surface area contributed by atoms with Crippen molar-refractivity contribution in [2.24, 2.45) is 0 Å². The van der Waals surface area contributed by atoms with E-state index in [0.29, 0.717) is 48.6 Å². The van der Waals surface area contributed by atoms with Gasteiger partial charge in [-0.1, -0.05) is 36.4 Å². The Balaban J connectivity index is 1.09. The van der Waals surface area contributed by atoms with Gasteiger partial charge in [-0.3, -0.25) is 4.98 Å². The van der Waals surface area contributed by atoms with E-state index in [1.165, 1.54) is 6.07 Å². The summed E-state index contributed by atoms with van der Waals surface area (Å²) in [4.78, 5) is 34.6. The highest BCUT2D eigenvalue weighted by atomic mass is 32.2. The number of benzene rings is 3. The van der Waals surface area contributed by atoms with Crippen LogP contribution in [0.3, 0.4) is 0 Å². The van der Waals surface area contributed by atoms with Crippen LogP contribution in [0.15, 0.2) is 115 Å². The molecule has 0 amide bonds. The summed E-state index contributed by atoms with van der Waals surface area (Å²) in [7, 11) is 0. The smallest absolute Gasteiger partial charge is 0.416 e. The second-order valence-corrected chi connectivity index (χ2v) is 12.0. The van der Waals surface area contributed by atoms with Gasteiger partial charge in [-0.25, -0.2) is 4.79 Å². The summed E-state index contributed by atoms with van der Waals surface area (Å²) in [6.45, 7) is 1.65. The van der Waals surface area contributed by atoms with Gasteiger partial charge in [0, 0.05) is 60.6 Å². The lowest BCUT2D eigenvalue weighted by Crippen LogP contribution is -2.47. The Kier molecular flexibility index (Phi) is 7.99. The average Bonchev–Trinajstić information content (AvgIpc) is 3.59. The summed E-state index contributed by atoms with van der Waals surface area (Å²) in [6, 6.07) is 23.1. The van der Waals surface area contributed by atoms with Crippen LogP contribution in [0.5, 0.6) is 11.8 Å². The minimum Gasteiger partial charge on any atom is -0.423 e. The van der Waals surface area contributed by atoms with Crippen molar-refractivity contribution in [2.75, 3.05) is 36.0 Å². The molecule has 8 rings (SSSR count). The number of nitrogens with zero attached hydrogens (tertiary/aromatic N) is 8. The van der Waals surface area contributed by atoms with Gasteiger partial charge in [-0.2, -0.15) is 28.1 Å². The molecule has 0 radical (unpaired) electrons. The van der Waals surface area contributed by atoms with Crippen LogP contribution in [0, 0.1) is 0 Å². The highest BCUT2D eigenvalue weighted by Gasteiger charge is 2.31. The van der Waals surface area contributed by atoms with Crippen LogP contribution in [-0.2, 0) is 6.18 Å². The van der Waals surface area contributed by atoms with E-state index in [0.717, 1.165) is 34.8 Å². The summed E-state index contributed by atoms with van der Waals surface area (Å²) >= 11 is 0.949. The summed E-state index contributed by atoms with van der Waals surface area (Å²) in [5, 5.41) is 9.80. The normalized spacial score (nSPS) is 13.7. The predicted octanol–water partition coefficient (Wildman–Crippen LogP) is 6.87. The molecule has 50 heavy (non-hydrogen) atoms. The molecule has 3 aromatic carbocycles. The zero-order valence-electron chi connectivity index (χ0n) is 25.7. The van der Waals surface area contributed by atoms with E-state index in [-0.39, 0.29) is 33.8 Å². The number of anilines is 2. The molecule has 0 bridgehead atoms. The maximum atomic E-state index is 13.4. The van der Waals surface area contributed by atoms with Crippen molar-refractivity contribution < 1.29 is 26.7 Å². The fourth-order valence-corrected chi connectivity index (χ4v) is 6.12. The third-order valence-corrected chi connectivity index (χ3v) is 8.66. The molecule has 0 saturated carbocycles. The first kappa shape index (κ1) is 31.3. The van der Waals surface area contributed by atoms with Crippen LogP contribution in [-0.4, -0.2) is 56.3 Å². The van der Waals surface area contributed by atoms with Gasteiger partial charge in [0.05, 0.1) is 11.1 Å². The molecule has 0 aliphatic carbocycles. The number of para-hydroxylation sites is 2. The zero-order chi connectivity index (χ0) is 34.2. The van der Waals surface area contributed by atoms with Gasteiger partial charge < -0.3 is 23.4 Å². The number of rotatable bonds is 7. The second kappa shape index (κ2) is 12.8. The monoisotopic (exact) mass is 696 g/mol. The van der Waals surface area contributed by atoms with Crippen molar-refractivity contribution in [1.82, 2.24) is 30.1 Å². The van der Waals surface area contributed by atoms with Crippen molar-refractivity contribution in [3.63, 3.8) is 0 Å². The van der Waals surface area contributed by atoms with Gasteiger partial charge in [0.15, 0.2) is 0 Å². The lowest BCUT2D eigenvalue weighted by Gasteiger charge is -2.36. The van der Waals surface area contributed by atoms with E-state index in [4.69, 9.17) is 13.6 Å². The molecule has 0 spiro atoms. The average molecular weight is 697 g/mol. The molecule has 1 aliphatic rings. The first-order chi connectivity index (χ1) is 24.3. The molecule has 12 nitrogen and oxygen atoms in total. The highest BCUT2D eigenvalue weighted by Crippen LogP contribution is 2.34. The van der Waals surface area contributed by atoms with Gasteiger partial charge in [-0.15, -0.1) is 10.2 Å². The summed E-state index contributed by atoms with van der Waals surface area (Å²) in [5.41, 5.74) is 0.400. The summed E-state index contributed by atoms with van der Waals surface area (Å²) in [5.74, 6) is 0.724. The highest BCUT2D eigenvalue weighted by molar-refractivity contribution is 7.98. The molecular formula is C34H23F3N8O4S. The van der Waals surface area contributed by atoms with Crippen LogP contribution >= 0.6 is 11.8 Å². The fraction of sp³-hybridized carbons (Fsp3) is 0.147. The molecule has 5 heterocycles. The van der Waals surface area contributed by atoms with Crippen LogP contribution in [0.4, 0.5) is 24.8 Å². The molecule has 7 aromatic rings. The largest absolute Gasteiger partial charge is 0.423 e. The van der Waals surface area contributed by atoms with E-state index < -0.39 is 17.4 Å². The Bertz CT molecular complexity index is 2410. The van der Waals surface area contributed by atoms with Crippen LogP contribution in [0.25, 0.3) is 33.3 Å². The number of alkyl halides is 3. The topological polar surface area (TPSA) is 136 Å². The molecule has 0 N–H and O–H groups in total. The number of halogens is 3. The molecule has 1 aliphatic heterocycles. The van der Waals surface area contributed by atoms with Gasteiger partial charge in [0.2, 0.25) is 11.1 Å². The summed E-state index contributed by atoms with van der Waals surface area (Å²) in [6.07, 6.45) is -2.82. The van der Waals surface area contributed by atoms with Crippen molar-refractivity contribution >= 4 is 45.3 Å². The molecular weight excluding hydrogens is 673 g/mol. The third kappa shape index (κ3) is 6.39. The Labute approximate surface area is 284 Å². The second-order valence-electron chi connectivity index (χ2n) is 11.1. The molecule has 16 heteroatoms. The van der Waals surface area contributed by atoms with E-state index in [9.17, 15) is 18.0 Å². The maximum Gasteiger partial charge on any atom is 0.416 e. The van der Waals surface area contributed by atoms with E-state index in [1.54, 1.807) is 42.6 Å². The Morgan fingerprint density at radius 2 is 1.60 bits per heavy atom. The lowest BCUT2D eigenvalue weighted by molar-refractivity contribution is -0.137. The number of aromatic nitrogens is 6. The number of pyridine rings is 1. The summed E-state index contributed by atoms with van der Waals surface area (Å²) < 4.78 is 57.5. The van der Waals surface area contributed by atoms with Gasteiger partial charge in [0.25, 0.3) is 11.1 Å². The van der Waals surface area contributed by atoms with Crippen molar-refractivity contribution in [3.8, 4) is 23.2 Å². The van der Waals surface area contributed by atoms with Gasteiger partial charge >= 0.3 is 17.8 Å². The van der Waals surface area contributed by atoms with Crippen LogP contribution < -0.4 is 20.2 Å².